The van der Waals surface area contributed by atoms with Gasteiger partial charge < -0.3 is 9.47 Å². The van der Waals surface area contributed by atoms with Crippen LogP contribution in [0.4, 0.5) is 0 Å². The van der Waals surface area contributed by atoms with Crippen molar-refractivity contribution in [1.82, 2.24) is 4.90 Å². The molecule has 2 bridgehead atoms. The zero-order valence-electron chi connectivity index (χ0n) is 16.5. The van der Waals surface area contributed by atoms with E-state index in [-0.39, 0.29) is 17.9 Å². The zero-order valence-corrected chi connectivity index (χ0v) is 16.5. The molecule has 2 atom stereocenters. The first-order valence-corrected chi connectivity index (χ1v) is 9.60. The number of carbonyl (C=O) groups excluding carboxylic acids is 1. The van der Waals surface area contributed by atoms with Crippen molar-refractivity contribution in [2.45, 2.75) is 24.9 Å². The molecule has 28 heavy (non-hydrogen) atoms. The average molecular weight is 375 g/mol. The van der Waals surface area contributed by atoms with E-state index < -0.39 is 0 Å². The normalized spacial score (nSPS) is 24.8. The number of ketones is 1. The molecule has 0 aromatic heterocycles. The summed E-state index contributed by atoms with van der Waals surface area (Å²) in [4.78, 5) is 15.8. The minimum Gasteiger partial charge on any atom is -0.496 e. The second-order valence-corrected chi connectivity index (χ2v) is 7.29. The number of hydrogen-bond acceptors (Lipinski definition) is 4. The minimum absolute atomic E-state index is 0.127. The summed E-state index contributed by atoms with van der Waals surface area (Å²) in [7, 11) is 5.43. The summed E-state index contributed by atoms with van der Waals surface area (Å²) in [5.74, 6) is 1.68. The number of nitrogens with zero attached hydrogens (tertiary/aromatic N) is 1. The van der Waals surface area contributed by atoms with E-state index in [1.54, 1.807) is 14.2 Å². The van der Waals surface area contributed by atoms with Crippen molar-refractivity contribution in [3.8, 4) is 11.5 Å². The van der Waals surface area contributed by atoms with Crippen molar-refractivity contribution in [1.29, 1.82) is 0 Å². The number of methoxy groups -OCH3 is 2. The molecular weight excluding hydrogens is 350 g/mol. The van der Waals surface area contributed by atoms with Gasteiger partial charge in [0.1, 0.15) is 11.5 Å². The number of ether oxygens (including phenoxy) is 2. The van der Waals surface area contributed by atoms with Crippen molar-refractivity contribution in [3.05, 3.63) is 70.8 Å². The first kappa shape index (κ1) is 18.5. The molecule has 0 saturated carbocycles. The molecule has 4 nitrogen and oxygen atoms in total. The van der Waals surface area contributed by atoms with Crippen molar-refractivity contribution >= 4 is 17.9 Å². The lowest BCUT2D eigenvalue weighted by Gasteiger charge is -2.34. The van der Waals surface area contributed by atoms with Gasteiger partial charge in [0.15, 0.2) is 5.78 Å². The number of hydrogen-bond donors (Lipinski definition) is 0. The Kier molecular flexibility index (Phi) is 5.05. The van der Waals surface area contributed by atoms with E-state index in [0.29, 0.717) is 0 Å². The van der Waals surface area contributed by atoms with Crippen LogP contribution in [0.2, 0.25) is 0 Å². The summed E-state index contributed by atoms with van der Waals surface area (Å²) in [6.45, 7) is 0. The van der Waals surface area contributed by atoms with E-state index in [2.05, 4.69) is 11.9 Å². The number of fused-ring (bicyclic) bond motifs is 2. The van der Waals surface area contributed by atoms with Gasteiger partial charge >= 0.3 is 0 Å². The van der Waals surface area contributed by atoms with Crippen LogP contribution >= 0.6 is 0 Å². The summed E-state index contributed by atoms with van der Waals surface area (Å²) < 4.78 is 11.0. The van der Waals surface area contributed by atoms with Crippen molar-refractivity contribution in [2.24, 2.45) is 0 Å². The van der Waals surface area contributed by atoms with Gasteiger partial charge in [0, 0.05) is 34.4 Å². The van der Waals surface area contributed by atoms with Gasteiger partial charge in [-0.05, 0) is 44.2 Å². The summed E-state index contributed by atoms with van der Waals surface area (Å²) >= 11 is 0. The fourth-order valence-electron chi connectivity index (χ4n) is 4.39. The first-order chi connectivity index (χ1) is 13.6. The molecular formula is C24H25NO3. The molecule has 0 amide bonds. The van der Waals surface area contributed by atoms with Crippen LogP contribution in [0.5, 0.6) is 11.5 Å². The lowest BCUT2D eigenvalue weighted by Crippen LogP contribution is -2.43. The Hall–Kier alpha value is -2.85. The second-order valence-electron chi connectivity index (χ2n) is 7.29. The molecule has 0 unspecified atom stereocenters. The molecule has 0 aliphatic carbocycles. The lowest BCUT2D eigenvalue weighted by atomic mass is 9.88. The highest BCUT2D eigenvalue weighted by atomic mass is 16.5. The fraction of sp³-hybridized carbons (Fsp3) is 0.292. The highest BCUT2D eigenvalue weighted by molar-refractivity contribution is 6.16. The van der Waals surface area contributed by atoms with Crippen LogP contribution in [0.3, 0.4) is 0 Å². The number of Topliss-reactive ketones (excluding diaryl/α,β-unsaturated/α-hetero) is 1. The molecule has 2 aliphatic heterocycles. The second kappa shape index (κ2) is 7.64. The van der Waals surface area contributed by atoms with Gasteiger partial charge in [-0.15, -0.1) is 0 Å². The molecule has 4 heteroatoms. The fourth-order valence-corrected chi connectivity index (χ4v) is 4.39. The summed E-state index contributed by atoms with van der Waals surface area (Å²) in [5, 5.41) is 0. The van der Waals surface area contributed by atoms with Crippen LogP contribution in [-0.2, 0) is 4.79 Å². The van der Waals surface area contributed by atoms with E-state index >= 15 is 0 Å². The monoisotopic (exact) mass is 375 g/mol. The third kappa shape index (κ3) is 3.14. The van der Waals surface area contributed by atoms with Crippen LogP contribution in [0.25, 0.3) is 12.2 Å². The van der Waals surface area contributed by atoms with Gasteiger partial charge in [0.05, 0.1) is 14.2 Å². The maximum Gasteiger partial charge on any atom is 0.188 e. The Morgan fingerprint density at radius 1 is 0.821 bits per heavy atom. The van der Waals surface area contributed by atoms with E-state index in [0.717, 1.165) is 46.6 Å². The van der Waals surface area contributed by atoms with Gasteiger partial charge in [-0.25, -0.2) is 0 Å². The standard InChI is InChI=1S/C24H25NO3/c1-25-20-12-13-21(25)19(15-17-9-5-7-11-23(17)28-3)24(26)18(20)14-16-8-4-6-10-22(16)27-2/h4-11,14-15,20-21H,12-13H2,1-3H3/b18-14-,19-15+/t20-,21-/m1/s1. The number of rotatable bonds is 4. The van der Waals surface area contributed by atoms with Crippen molar-refractivity contribution < 1.29 is 14.3 Å². The Balaban J connectivity index is 1.81. The maximum absolute atomic E-state index is 13.5. The Labute approximate surface area is 166 Å². The Morgan fingerprint density at radius 2 is 1.25 bits per heavy atom. The third-order valence-corrected chi connectivity index (χ3v) is 5.84. The van der Waals surface area contributed by atoms with E-state index in [1.807, 2.05) is 60.7 Å². The molecule has 2 saturated heterocycles. The van der Waals surface area contributed by atoms with Gasteiger partial charge in [0.25, 0.3) is 0 Å². The minimum atomic E-state index is 0.127. The molecule has 4 rings (SSSR count). The predicted octanol–water partition coefficient (Wildman–Crippen LogP) is 4.22. The smallest absolute Gasteiger partial charge is 0.188 e. The van der Waals surface area contributed by atoms with Crippen LogP contribution in [-0.4, -0.2) is 44.0 Å². The molecule has 2 aromatic carbocycles. The molecule has 0 radical (unpaired) electrons. The molecule has 0 spiro atoms. The summed E-state index contributed by atoms with van der Waals surface area (Å²) in [6.07, 6.45) is 5.97. The highest BCUT2D eigenvalue weighted by Gasteiger charge is 2.44. The van der Waals surface area contributed by atoms with E-state index in [9.17, 15) is 4.79 Å². The average Bonchev–Trinajstić information content (AvgIpc) is 3.04. The Bertz CT molecular complexity index is 884. The molecule has 2 fully saturated rings. The quantitative estimate of drug-likeness (QED) is 0.750. The van der Waals surface area contributed by atoms with Crippen molar-refractivity contribution in [2.75, 3.05) is 21.3 Å². The SMILES string of the molecule is COc1ccccc1/C=C1\C(=O)/C(=C/c2ccccc2OC)[C@H]2CC[C@H]1N2C. The maximum atomic E-state index is 13.5. The third-order valence-electron chi connectivity index (χ3n) is 5.84. The molecule has 2 aromatic rings. The highest BCUT2D eigenvalue weighted by Crippen LogP contribution is 2.41. The number of likely N-dealkylation sites (N-methyl/N-ethyl adjacent to an activating group) is 1. The van der Waals surface area contributed by atoms with Crippen LogP contribution in [0.1, 0.15) is 24.0 Å². The number of para-hydroxylation sites is 2. The van der Waals surface area contributed by atoms with Crippen LogP contribution < -0.4 is 9.47 Å². The molecule has 0 N–H and O–H groups in total. The topological polar surface area (TPSA) is 38.8 Å². The van der Waals surface area contributed by atoms with Gasteiger partial charge in [-0.2, -0.15) is 0 Å². The van der Waals surface area contributed by atoms with Crippen LogP contribution in [0, 0.1) is 0 Å². The van der Waals surface area contributed by atoms with Gasteiger partial charge in [-0.1, -0.05) is 36.4 Å². The molecule has 2 heterocycles. The van der Waals surface area contributed by atoms with Crippen LogP contribution in [0.15, 0.2) is 59.7 Å². The zero-order chi connectivity index (χ0) is 19.7. The largest absolute Gasteiger partial charge is 0.496 e. The number of benzene rings is 2. The molecule has 144 valence electrons. The summed E-state index contributed by atoms with van der Waals surface area (Å²) in [6, 6.07) is 15.9. The van der Waals surface area contributed by atoms with Crippen molar-refractivity contribution in [3.63, 3.8) is 0 Å². The predicted molar refractivity (Wildman–Crippen MR) is 112 cm³/mol. The lowest BCUT2D eigenvalue weighted by molar-refractivity contribution is -0.114. The molecule has 2 aliphatic rings. The van der Waals surface area contributed by atoms with E-state index in [1.165, 1.54) is 0 Å². The van der Waals surface area contributed by atoms with E-state index in [4.69, 9.17) is 9.47 Å². The summed E-state index contributed by atoms with van der Waals surface area (Å²) in [5.41, 5.74) is 3.54. The number of piperidine rings is 1. The van der Waals surface area contributed by atoms with Gasteiger partial charge in [-0.3, -0.25) is 9.69 Å². The number of carbonyl (C=O) groups is 1. The van der Waals surface area contributed by atoms with Gasteiger partial charge in [0.2, 0.25) is 0 Å². The Morgan fingerprint density at radius 3 is 1.68 bits per heavy atom. The first-order valence-electron chi connectivity index (χ1n) is 9.60.